The third kappa shape index (κ3) is 6.01. The van der Waals surface area contributed by atoms with Gasteiger partial charge in [-0.15, -0.1) is 0 Å². The lowest BCUT2D eigenvalue weighted by Crippen LogP contribution is -3.00. The van der Waals surface area contributed by atoms with Gasteiger partial charge in [-0.3, -0.25) is 4.79 Å². The van der Waals surface area contributed by atoms with Crippen molar-refractivity contribution in [1.82, 2.24) is 0 Å². The van der Waals surface area contributed by atoms with Gasteiger partial charge in [0.25, 0.3) is 0 Å². The number of carbonyl (C=O) groups is 1. The first-order valence-corrected chi connectivity index (χ1v) is 12.2. The average molecular weight is 486 g/mol. The summed E-state index contributed by atoms with van der Waals surface area (Å²) in [7, 11) is -1.75. The number of esters is 1. The average Bonchev–Trinajstić information content (AvgIpc) is 2.80. The van der Waals surface area contributed by atoms with Gasteiger partial charge in [0.1, 0.15) is 23.2 Å². The molecule has 3 aromatic rings. The Morgan fingerprint density at radius 1 is 0.700 bits per heavy atom. The van der Waals surface area contributed by atoms with Crippen molar-refractivity contribution in [3.63, 3.8) is 0 Å². The Bertz CT molecular complexity index is 779. The predicted octanol–water partition coefficient (Wildman–Crippen LogP) is 0.657. The van der Waals surface area contributed by atoms with E-state index >= 15 is 0 Å². The normalized spacial score (nSPS) is 10.8. The molecular formula is C25H29BrNO2P. The first-order chi connectivity index (χ1) is 14.3. The van der Waals surface area contributed by atoms with E-state index in [1.165, 1.54) is 15.9 Å². The monoisotopic (exact) mass is 485 g/mol. The molecule has 30 heavy (non-hydrogen) atoms. The molecule has 0 aliphatic rings. The highest BCUT2D eigenvalue weighted by atomic mass is 79.9. The molecule has 0 amide bonds. The van der Waals surface area contributed by atoms with Gasteiger partial charge in [0.05, 0.1) is 19.3 Å². The largest absolute Gasteiger partial charge is 1.00 e. The molecule has 0 spiro atoms. The molecule has 0 radical (unpaired) electrons. The van der Waals surface area contributed by atoms with E-state index in [4.69, 9.17) is 10.5 Å². The number of halogens is 1. The van der Waals surface area contributed by atoms with Crippen LogP contribution in [0.3, 0.4) is 0 Å². The molecule has 0 saturated carbocycles. The van der Waals surface area contributed by atoms with Crippen LogP contribution in [0.15, 0.2) is 91.0 Å². The van der Waals surface area contributed by atoms with Crippen LogP contribution in [-0.4, -0.2) is 25.3 Å². The van der Waals surface area contributed by atoms with Gasteiger partial charge in [0, 0.05) is 0 Å². The van der Waals surface area contributed by atoms with Crippen molar-refractivity contribution in [2.75, 3.05) is 19.3 Å². The van der Waals surface area contributed by atoms with Crippen molar-refractivity contribution in [2.45, 2.75) is 19.3 Å². The van der Waals surface area contributed by atoms with Gasteiger partial charge < -0.3 is 27.5 Å². The summed E-state index contributed by atoms with van der Waals surface area (Å²) < 4.78 is 5.12. The molecule has 2 N–H and O–H groups in total. The summed E-state index contributed by atoms with van der Waals surface area (Å²) >= 11 is 0. The second kappa shape index (κ2) is 12.6. The second-order valence-corrected chi connectivity index (χ2v) is 10.6. The summed E-state index contributed by atoms with van der Waals surface area (Å²) in [4.78, 5) is 11.2. The maximum Gasteiger partial charge on any atom is 0.319 e. The Morgan fingerprint density at radius 2 is 1.13 bits per heavy atom. The smallest absolute Gasteiger partial charge is 0.319 e. The Kier molecular flexibility index (Phi) is 10.2. The number of ether oxygens (including phenoxy) is 1. The van der Waals surface area contributed by atoms with Crippen molar-refractivity contribution in [2.24, 2.45) is 5.73 Å². The number of nitrogens with two attached hydrogens (primary N) is 1. The summed E-state index contributed by atoms with van der Waals surface area (Å²) in [5.74, 6) is -0.329. The molecule has 0 bridgehead atoms. The molecule has 3 rings (SSSR count). The summed E-state index contributed by atoms with van der Waals surface area (Å²) in [5.41, 5.74) is 5.29. The summed E-state index contributed by atoms with van der Waals surface area (Å²) in [6, 6.07) is 32.7. The van der Waals surface area contributed by atoms with Crippen molar-refractivity contribution >= 4 is 29.1 Å². The van der Waals surface area contributed by atoms with Gasteiger partial charge in [-0.1, -0.05) is 54.6 Å². The van der Waals surface area contributed by atoms with E-state index in [1.54, 1.807) is 0 Å². The Balaban J connectivity index is 0.00000320. The maximum absolute atomic E-state index is 11.2. The van der Waals surface area contributed by atoms with Crippen molar-refractivity contribution < 1.29 is 26.5 Å². The van der Waals surface area contributed by atoms with Crippen molar-refractivity contribution in [3.8, 4) is 0 Å². The molecular weight excluding hydrogens is 457 g/mol. The number of unbranched alkanes of at least 4 members (excludes halogenated alkanes) is 2. The van der Waals surface area contributed by atoms with E-state index in [9.17, 15) is 4.79 Å². The van der Waals surface area contributed by atoms with Crippen LogP contribution in [0.4, 0.5) is 0 Å². The van der Waals surface area contributed by atoms with E-state index in [0.717, 1.165) is 25.4 Å². The van der Waals surface area contributed by atoms with Crippen LogP contribution in [0.25, 0.3) is 0 Å². The van der Waals surface area contributed by atoms with Gasteiger partial charge in [-0.05, 0) is 55.7 Å². The molecule has 0 saturated heterocycles. The van der Waals surface area contributed by atoms with Crippen molar-refractivity contribution in [3.05, 3.63) is 91.0 Å². The topological polar surface area (TPSA) is 52.3 Å². The SMILES string of the molecule is NCC(=O)OCCCCC[P+](c1ccccc1)(c1ccccc1)c1ccccc1.[Br-]. The molecule has 0 aliphatic heterocycles. The van der Waals surface area contributed by atoms with Crippen LogP contribution in [0.5, 0.6) is 0 Å². The minimum atomic E-state index is -1.75. The van der Waals surface area contributed by atoms with Gasteiger partial charge >= 0.3 is 5.97 Å². The van der Waals surface area contributed by atoms with Crippen LogP contribution in [0, 0.1) is 0 Å². The predicted molar refractivity (Wildman–Crippen MR) is 124 cm³/mol. The third-order valence-electron chi connectivity index (χ3n) is 5.16. The first kappa shape index (κ1) is 24.3. The number of rotatable bonds is 10. The molecule has 3 aromatic carbocycles. The Morgan fingerprint density at radius 3 is 1.53 bits per heavy atom. The fourth-order valence-electron chi connectivity index (χ4n) is 3.75. The lowest BCUT2D eigenvalue weighted by Gasteiger charge is -2.27. The highest BCUT2D eigenvalue weighted by molar-refractivity contribution is 7.95. The summed E-state index contributed by atoms with van der Waals surface area (Å²) in [5, 5.41) is 4.23. The molecule has 158 valence electrons. The molecule has 0 aromatic heterocycles. The number of hydrogen-bond donors (Lipinski definition) is 1. The first-order valence-electron chi connectivity index (χ1n) is 10.2. The van der Waals surface area contributed by atoms with Gasteiger partial charge in [-0.25, -0.2) is 0 Å². The highest BCUT2D eigenvalue weighted by Crippen LogP contribution is 2.55. The van der Waals surface area contributed by atoms with E-state index < -0.39 is 7.26 Å². The molecule has 0 fully saturated rings. The van der Waals surface area contributed by atoms with Crippen LogP contribution < -0.4 is 38.6 Å². The second-order valence-electron chi connectivity index (χ2n) is 7.03. The zero-order valence-electron chi connectivity index (χ0n) is 17.1. The Hall–Kier alpha value is -2.00. The van der Waals surface area contributed by atoms with Crippen LogP contribution in [-0.2, 0) is 9.53 Å². The minimum absolute atomic E-state index is 0. The number of carbonyl (C=O) groups excluding carboxylic acids is 1. The quantitative estimate of drug-likeness (QED) is 0.260. The van der Waals surface area contributed by atoms with E-state index in [-0.39, 0.29) is 29.5 Å². The lowest BCUT2D eigenvalue weighted by atomic mass is 10.3. The van der Waals surface area contributed by atoms with Crippen LogP contribution >= 0.6 is 7.26 Å². The van der Waals surface area contributed by atoms with Gasteiger partial charge in [0.2, 0.25) is 0 Å². The standard InChI is InChI=1S/C25H29NO2P.BrH/c26-21-25(27)28-19-11-4-12-20-29(22-13-5-1-6-14-22,23-15-7-2-8-16-23)24-17-9-3-10-18-24;/h1-3,5-10,13-18H,4,11-12,19-21,26H2;1H/q+1;/p-1. The molecule has 0 aliphatic carbocycles. The minimum Gasteiger partial charge on any atom is -1.00 e. The third-order valence-corrected chi connectivity index (χ3v) is 9.68. The summed E-state index contributed by atoms with van der Waals surface area (Å²) in [6.07, 6.45) is 4.05. The molecule has 0 unspecified atom stereocenters. The fourth-order valence-corrected chi connectivity index (χ4v) is 8.16. The molecule has 5 heteroatoms. The van der Waals surface area contributed by atoms with E-state index in [1.807, 2.05) is 0 Å². The van der Waals surface area contributed by atoms with Crippen LogP contribution in [0.1, 0.15) is 19.3 Å². The van der Waals surface area contributed by atoms with E-state index in [2.05, 4.69) is 91.0 Å². The summed E-state index contributed by atoms with van der Waals surface area (Å²) in [6.45, 7) is 0.397. The van der Waals surface area contributed by atoms with E-state index in [0.29, 0.717) is 6.61 Å². The molecule has 0 atom stereocenters. The maximum atomic E-state index is 11.2. The highest BCUT2D eigenvalue weighted by Gasteiger charge is 2.44. The lowest BCUT2D eigenvalue weighted by molar-refractivity contribution is -0.142. The molecule has 3 nitrogen and oxygen atoms in total. The van der Waals surface area contributed by atoms with Crippen molar-refractivity contribution in [1.29, 1.82) is 0 Å². The fraction of sp³-hybridized carbons (Fsp3) is 0.240. The van der Waals surface area contributed by atoms with Gasteiger partial charge in [-0.2, -0.15) is 0 Å². The number of benzene rings is 3. The zero-order chi connectivity index (χ0) is 20.4. The number of hydrogen-bond acceptors (Lipinski definition) is 3. The zero-order valence-corrected chi connectivity index (χ0v) is 19.6. The van der Waals surface area contributed by atoms with Crippen LogP contribution in [0.2, 0.25) is 0 Å². The van der Waals surface area contributed by atoms with Gasteiger partial charge in [0.15, 0.2) is 0 Å². The Labute approximate surface area is 190 Å². The molecule has 0 heterocycles.